The monoisotopic (exact) mass is 703 g/mol. The quantitative estimate of drug-likeness (QED) is 0.0391. The number of carboxylic acids is 1. The van der Waals surface area contributed by atoms with Crippen LogP contribution in [0, 0.1) is 0 Å². The van der Waals surface area contributed by atoms with Gasteiger partial charge in [0.05, 0.1) is 0 Å². The van der Waals surface area contributed by atoms with Gasteiger partial charge in [-0.15, -0.1) is 0 Å². The molecule has 0 amide bonds. The van der Waals surface area contributed by atoms with Crippen LogP contribution >= 0.6 is 0 Å². The normalized spacial score (nSPS) is 12.4. The van der Waals surface area contributed by atoms with Gasteiger partial charge in [-0.05, 0) is 64.2 Å². The van der Waals surface area contributed by atoms with Crippen molar-refractivity contribution in [2.75, 3.05) is 0 Å². The molecule has 294 valence electrons. The van der Waals surface area contributed by atoms with E-state index in [1.807, 2.05) is 0 Å². The van der Waals surface area contributed by atoms with Crippen molar-refractivity contribution in [2.24, 2.45) is 0 Å². The fourth-order valence-electron chi connectivity index (χ4n) is 6.87. The van der Waals surface area contributed by atoms with E-state index >= 15 is 0 Å². The molecule has 1 atom stereocenters. The van der Waals surface area contributed by atoms with Gasteiger partial charge in [0.25, 0.3) is 0 Å². The minimum Gasteiger partial charge on any atom is -0.481 e. The molecule has 0 saturated carbocycles. The van der Waals surface area contributed by atoms with Gasteiger partial charge in [-0.25, -0.2) is 0 Å². The van der Waals surface area contributed by atoms with Crippen molar-refractivity contribution in [3.8, 4) is 0 Å². The molecule has 4 heteroatoms. The number of allylic oxidation sites excluding steroid dienone is 4. The zero-order valence-electron chi connectivity index (χ0n) is 33.7. The lowest BCUT2D eigenvalue weighted by Gasteiger charge is -2.18. The summed E-state index contributed by atoms with van der Waals surface area (Å²) < 4.78 is 5.86. The predicted molar refractivity (Wildman–Crippen MR) is 218 cm³/mol. The summed E-state index contributed by atoms with van der Waals surface area (Å²) in [5.41, 5.74) is 0. The van der Waals surface area contributed by atoms with E-state index in [-0.39, 0.29) is 18.5 Å². The molecule has 0 spiro atoms. The second-order valence-electron chi connectivity index (χ2n) is 15.2. The van der Waals surface area contributed by atoms with Crippen LogP contribution in [0.25, 0.3) is 0 Å². The lowest BCUT2D eigenvalue weighted by atomic mass is 10.0. The SMILES string of the molecule is CCCCC/C=C\C/C=C\CCCCCCCCCCCCCC(=O)OC(CCCCCCCCCCCCCCCCC)CCCC(=O)O. The number of unbranched alkanes of at least 4 members (excludes halogenated alkanes) is 28. The lowest BCUT2D eigenvalue weighted by molar-refractivity contribution is -0.150. The van der Waals surface area contributed by atoms with E-state index < -0.39 is 5.97 Å². The Bertz CT molecular complexity index is 757. The first kappa shape index (κ1) is 48.4. The minimum absolute atomic E-state index is 0.0867. The number of rotatable bonds is 41. The number of hydrogen-bond acceptors (Lipinski definition) is 3. The summed E-state index contributed by atoms with van der Waals surface area (Å²) in [6.45, 7) is 4.54. The molecule has 0 aromatic rings. The van der Waals surface area contributed by atoms with Crippen LogP contribution < -0.4 is 0 Å². The van der Waals surface area contributed by atoms with Crippen molar-refractivity contribution in [1.29, 1.82) is 0 Å². The third-order valence-electron chi connectivity index (χ3n) is 10.2. The Hall–Kier alpha value is -1.58. The smallest absolute Gasteiger partial charge is 0.306 e. The molecule has 4 nitrogen and oxygen atoms in total. The molecular weight excluding hydrogens is 617 g/mol. The number of esters is 1. The van der Waals surface area contributed by atoms with Crippen LogP contribution in [0.4, 0.5) is 0 Å². The zero-order valence-corrected chi connectivity index (χ0v) is 33.7. The Morgan fingerprint density at radius 2 is 0.800 bits per heavy atom. The van der Waals surface area contributed by atoms with Gasteiger partial charge in [0, 0.05) is 12.8 Å². The molecule has 0 aliphatic rings. The van der Waals surface area contributed by atoms with Crippen molar-refractivity contribution in [2.45, 2.75) is 258 Å². The molecule has 0 aromatic heterocycles. The minimum atomic E-state index is -0.766. The highest BCUT2D eigenvalue weighted by Gasteiger charge is 2.15. The lowest BCUT2D eigenvalue weighted by Crippen LogP contribution is -2.18. The Morgan fingerprint density at radius 3 is 1.26 bits per heavy atom. The van der Waals surface area contributed by atoms with E-state index in [1.165, 1.54) is 180 Å². The van der Waals surface area contributed by atoms with Crippen LogP contribution in [0.1, 0.15) is 251 Å². The van der Waals surface area contributed by atoms with Crippen LogP contribution in [0.15, 0.2) is 24.3 Å². The summed E-state index contributed by atoms with van der Waals surface area (Å²) in [5.74, 6) is -0.853. The number of carboxylic acid groups (broad SMARTS) is 1. The summed E-state index contributed by atoms with van der Waals surface area (Å²) in [7, 11) is 0. The Balaban J connectivity index is 3.73. The van der Waals surface area contributed by atoms with Crippen molar-refractivity contribution >= 4 is 11.9 Å². The first-order valence-electron chi connectivity index (χ1n) is 22.3. The van der Waals surface area contributed by atoms with E-state index in [0.717, 1.165) is 32.1 Å². The number of hydrogen-bond donors (Lipinski definition) is 1. The fraction of sp³-hybridized carbons (Fsp3) is 0.870. The van der Waals surface area contributed by atoms with Crippen LogP contribution in [-0.2, 0) is 14.3 Å². The van der Waals surface area contributed by atoms with Crippen molar-refractivity contribution in [1.82, 2.24) is 0 Å². The fourth-order valence-corrected chi connectivity index (χ4v) is 6.87. The molecule has 1 unspecified atom stereocenters. The topological polar surface area (TPSA) is 63.6 Å². The van der Waals surface area contributed by atoms with Gasteiger partial charge in [0.15, 0.2) is 0 Å². The number of ether oxygens (including phenoxy) is 1. The highest BCUT2D eigenvalue weighted by Crippen LogP contribution is 2.19. The maximum atomic E-state index is 12.6. The van der Waals surface area contributed by atoms with Gasteiger partial charge in [0.2, 0.25) is 0 Å². The largest absolute Gasteiger partial charge is 0.481 e. The summed E-state index contributed by atoms with van der Waals surface area (Å²) in [6, 6.07) is 0. The van der Waals surface area contributed by atoms with Crippen LogP contribution in [0.5, 0.6) is 0 Å². The van der Waals surface area contributed by atoms with Gasteiger partial charge in [0.1, 0.15) is 6.10 Å². The Labute approximate surface area is 312 Å². The standard InChI is InChI=1S/C46H86O4/c1-3-5-7-9-11-13-15-17-19-20-21-22-23-24-26-28-30-32-34-36-38-43-46(49)50-44(41-39-42-45(47)48)40-37-35-33-31-29-27-25-18-16-14-12-10-8-6-4-2/h11,13,17,19,44H,3-10,12,14-16,18,20-43H2,1-2H3,(H,47,48)/b13-11-,19-17-. The molecule has 0 saturated heterocycles. The summed E-state index contributed by atoms with van der Waals surface area (Å²) in [4.78, 5) is 23.6. The maximum absolute atomic E-state index is 12.6. The molecule has 0 aromatic carbocycles. The van der Waals surface area contributed by atoms with Crippen LogP contribution in [-0.4, -0.2) is 23.1 Å². The van der Waals surface area contributed by atoms with Gasteiger partial charge in [-0.3, -0.25) is 9.59 Å². The molecule has 0 heterocycles. The van der Waals surface area contributed by atoms with E-state index in [9.17, 15) is 9.59 Å². The first-order chi connectivity index (χ1) is 24.6. The molecule has 0 aliphatic carbocycles. The number of aliphatic carboxylic acids is 1. The summed E-state index contributed by atoms with van der Waals surface area (Å²) in [5, 5.41) is 9.05. The molecule has 0 radical (unpaired) electrons. The summed E-state index contributed by atoms with van der Waals surface area (Å²) in [6.07, 6.45) is 53.5. The van der Waals surface area contributed by atoms with Gasteiger partial charge < -0.3 is 9.84 Å². The summed E-state index contributed by atoms with van der Waals surface area (Å²) >= 11 is 0. The molecule has 1 N–H and O–H groups in total. The van der Waals surface area contributed by atoms with E-state index in [0.29, 0.717) is 19.3 Å². The third kappa shape index (κ3) is 40.8. The first-order valence-corrected chi connectivity index (χ1v) is 22.3. The highest BCUT2D eigenvalue weighted by atomic mass is 16.5. The third-order valence-corrected chi connectivity index (χ3v) is 10.2. The van der Waals surface area contributed by atoms with Crippen molar-refractivity contribution < 1.29 is 19.4 Å². The molecule has 0 fully saturated rings. The molecule has 0 rings (SSSR count). The molecule has 50 heavy (non-hydrogen) atoms. The second-order valence-corrected chi connectivity index (χ2v) is 15.2. The van der Waals surface area contributed by atoms with Gasteiger partial charge in [-0.2, -0.15) is 0 Å². The van der Waals surface area contributed by atoms with E-state index in [2.05, 4.69) is 38.2 Å². The van der Waals surface area contributed by atoms with E-state index in [4.69, 9.17) is 9.84 Å². The zero-order chi connectivity index (χ0) is 36.4. The number of carbonyl (C=O) groups is 2. The Morgan fingerprint density at radius 1 is 0.440 bits per heavy atom. The highest BCUT2D eigenvalue weighted by molar-refractivity contribution is 5.69. The molecule has 0 bridgehead atoms. The predicted octanol–water partition coefficient (Wildman–Crippen LogP) is 15.6. The molecular formula is C46H86O4. The van der Waals surface area contributed by atoms with Crippen molar-refractivity contribution in [3.05, 3.63) is 24.3 Å². The molecule has 0 aliphatic heterocycles. The van der Waals surface area contributed by atoms with Gasteiger partial charge >= 0.3 is 11.9 Å². The van der Waals surface area contributed by atoms with Crippen LogP contribution in [0.3, 0.4) is 0 Å². The average Bonchev–Trinajstić information content (AvgIpc) is 3.10. The van der Waals surface area contributed by atoms with E-state index in [1.54, 1.807) is 0 Å². The van der Waals surface area contributed by atoms with Crippen molar-refractivity contribution in [3.63, 3.8) is 0 Å². The average molecular weight is 703 g/mol. The second kappa shape index (κ2) is 41.8. The maximum Gasteiger partial charge on any atom is 0.306 e. The Kier molecular flexibility index (Phi) is 40.5. The number of carbonyl (C=O) groups excluding carboxylic acids is 1. The van der Waals surface area contributed by atoms with Crippen LogP contribution in [0.2, 0.25) is 0 Å². The van der Waals surface area contributed by atoms with Gasteiger partial charge in [-0.1, -0.05) is 199 Å².